The predicted molar refractivity (Wildman–Crippen MR) is 94.8 cm³/mol. The van der Waals surface area contributed by atoms with E-state index in [4.69, 9.17) is 0 Å². The number of halogens is 1. The van der Waals surface area contributed by atoms with Gasteiger partial charge in [-0.1, -0.05) is 12.1 Å². The van der Waals surface area contributed by atoms with Gasteiger partial charge in [-0.2, -0.15) is 0 Å². The van der Waals surface area contributed by atoms with Gasteiger partial charge in [0.15, 0.2) is 0 Å². The highest BCUT2D eigenvalue weighted by atomic mass is 35.5. The summed E-state index contributed by atoms with van der Waals surface area (Å²) < 4.78 is 0. The van der Waals surface area contributed by atoms with Crippen LogP contribution in [0.1, 0.15) is 41.6 Å². The highest BCUT2D eigenvalue weighted by molar-refractivity contribution is 5.99. The minimum atomic E-state index is -0.460. The molecule has 2 aliphatic rings. The zero-order valence-electron chi connectivity index (χ0n) is 13.9. The lowest BCUT2D eigenvalue weighted by Crippen LogP contribution is -2.47. The van der Waals surface area contributed by atoms with Crippen molar-refractivity contribution in [2.45, 2.75) is 32.6 Å². The highest BCUT2D eigenvalue weighted by Gasteiger charge is 2.38. The first-order valence-electron chi connectivity index (χ1n) is 8.26. The summed E-state index contributed by atoms with van der Waals surface area (Å²) in [6, 6.07) is 4.81. The Morgan fingerprint density at radius 2 is 1.83 bits per heavy atom. The number of amides is 1. The van der Waals surface area contributed by atoms with Gasteiger partial charge in [0, 0.05) is 19.2 Å². The van der Waals surface area contributed by atoms with Gasteiger partial charge in [0.2, 0.25) is 0 Å². The van der Waals surface area contributed by atoms with Crippen LogP contribution in [0.25, 0.3) is 0 Å². The van der Waals surface area contributed by atoms with Crippen molar-refractivity contribution in [1.82, 2.24) is 10.2 Å². The molecule has 1 N–H and O–H groups in total. The fourth-order valence-electron chi connectivity index (χ4n) is 3.88. The van der Waals surface area contributed by atoms with Crippen LogP contribution in [0.2, 0.25) is 0 Å². The second-order valence-corrected chi connectivity index (χ2v) is 6.77. The fraction of sp³-hybridized carbons (Fsp3) is 0.588. The molecule has 24 heavy (non-hydrogen) atoms. The van der Waals surface area contributed by atoms with Gasteiger partial charge in [0.1, 0.15) is 5.56 Å². The largest absolute Gasteiger partial charge is 0.338 e. The summed E-state index contributed by atoms with van der Waals surface area (Å²) in [7, 11) is 0. The molecule has 7 heteroatoms. The summed E-state index contributed by atoms with van der Waals surface area (Å²) in [6.45, 7) is 5.27. The van der Waals surface area contributed by atoms with Gasteiger partial charge in [-0.3, -0.25) is 14.9 Å². The monoisotopic (exact) mass is 353 g/mol. The molecule has 2 saturated heterocycles. The van der Waals surface area contributed by atoms with E-state index in [0.29, 0.717) is 24.1 Å². The van der Waals surface area contributed by atoms with Crippen molar-refractivity contribution < 1.29 is 9.72 Å². The van der Waals surface area contributed by atoms with E-state index in [1.165, 1.54) is 18.9 Å². The van der Waals surface area contributed by atoms with Crippen LogP contribution in [0.15, 0.2) is 18.2 Å². The van der Waals surface area contributed by atoms with Gasteiger partial charge in [-0.25, -0.2) is 0 Å². The van der Waals surface area contributed by atoms with Crippen LogP contribution in [0.4, 0.5) is 5.69 Å². The summed E-state index contributed by atoms with van der Waals surface area (Å²) in [6.07, 6.45) is 4.33. The molecule has 0 aromatic heterocycles. The number of piperidine rings is 2. The molecule has 1 spiro atoms. The Kier molecular flexibility index (Phi) is 5.83. The van der Waals surface area contributed by atoms with E-state index >= 15 is 0 Å². The van der Waals surface area contributed by atoms with Gasteiger partial charge in [0.05, 0.1) is 4.92 Å². The number of nitrogens with one attached hydrogen (secondary N) is 1. The molecule has 1 aromatic rings. The second kappa shape index (κ2) is 7.49. The third-order valence-electron chi connectivity index (χ3n) is 5.44. The van der Waals surface area contributed by atoms with E-state index in [-0.39, 0.29) is 29.6 Å². The molecule has 0 saturated carbocycles. The van der Waals surface area contributed by atoms with Gasteiger partial charge >= 0.3 is 0 Å². The molecular formula is C17H24ClN3O3. The van der Waals surface area contributed by atoms with E-state index < -0.39 is 4.92 Å². The number of carbonyl (C=O) groups is 1. The molecule has 132 valence electrons. The molecular weight excluding hydrogens is 330 g/mol. The Morgan fingerprint density at radius 3 is 2.42 bits per heavy atom. The first-order valence-corrected chi connectivity index (χ1v) is 8.26. The Balaban J connectivity index is 0.00000208. The number of likely N-dealkylation sites (tertiary alicyclic amines) is 1. The van der Waals surface area contributed by atoms with Crippen LogP contribution in [0, 0.1) is 22.5 Å². The first-order chi connectivity index (χ1) is 11.0. The van der Waals surface area contributed by atoms with Gasteiger partial charge < -0.3 is 10.2 Å². The number of nitro benzene ring substituents is 1. The maximum Gasteiger partial charge on any atom is 0.282 e. The fourth-order valence-corrected chi connectivity index (χ4v) is 3.88. The standard InChI is InChI=1S/C17H23N3O3.ClH/c1-13-3-2-4-14(20(22)23)15(13)16(21)19-11-7-17(8-12-19)5-9-18-10-6-17;/h2-4,18H,5-12H2,1H3;1H. The average Bonchev–Trinajstić information content (AvgIpc) is 2.55. The molecule has 6 nitrogen and oxygen atoms in total. The summed E-state index contributed by atoms with van der Waals surface area (Å²) >= 11 is 0. The normalized spacial score (nSPS) is 19.6. The minimum absolute atomic E-state index is 0. The van der Waals surface area contributed by atoms with Crippen LogP contribution >= 0.6 is 12.4 Å². The van der Waals surface area contributed by atoms with Crippen molar-refractivity contribution in [3.8, 4) is 0 Å². The van der Waals surface area contributed by atoms with E-state index in [1.54, 1.807) is 24.0 Å². The number of carbonyl (C=O) groups excluding carboxylic acids is 1. The average molecular weight is 354 g/mol. The Morgan fingerprint density at radius 1 is 1.21 bits per heavy atom. The third kappa shape index (κ3) is 3.54. The minimum Gasteiger partial charge on any atom is -0.338 e. The SMILES string of the molecule is Cc1cccc([N+](=O)[O-])c1C(=O)N1CCC2(CCNCC2)CC1.Cl. The van der Waals surface area contributed by atoms with E-state index in [1.807, 2.05) is 0 Å². The molecule has 0 atom stereocenters. The molecule has 3 rings (SSSR count). The van der Waals surface area contributed by atoms with Crippen molar-refractivity contribution in [3.05, 3.63) is 39.4 Å². The number of hydrogen-bond acceptors (Lipinski definition) is 4. The van der Waals surface area contributed by atoms with E-state index in [9.17, 15) is 14.9 Å². The summed E-state index contributed by atoms with van der Waals surface area (Å²) in [5.41, 5.74) is 1.20. The summed E-state index contributed by atoms with van der Waals surface area (Å²) in [5.74, 6) is -0.196. The Hall–Kier alpha value is -1.66. The molecule has 2 fully saturated rings. The molecule has 2 aliphatic heterocycles. The Bertz CT molecular complexity index is 620. The van der Waals surface area contributed by atoms with E-state index in [0.717, 1.165) is 25.9 Å². The smallest absolute Gasteiger partial charge is 0.282 e. The van der Waals surface area contributed by atoms with Crippen molar-refractivity contribution >= 4 is 24.0 Å². The van der Waals surface area contributed by atoms with Crippen LogP contribution in [0.5, 0.6) is 0 Å². The number of rotatable bonds is 2. The van der Waals surface area contributed by atoms with Crippen LogP contribution < -0.4 is 5.32 Å². The van der Waals surface area contributed by atoms with Gasteiger partial charge in [0.25, 0.3) is 11.6 Å². The molecule has 1 aromatic carbocycles. The maximum absolute atomic E-state index is 12.8. The second-order valence-electron chi connectivity index (χ2n) is 6.77. The number of nitro groups is 1. The number of aryl methyl sites for hydroxylation is 1. The zero-order valence-corrected chi connectivity index (χ0v) is 14.7. The lowest BCUT2D eigenvalue weighted by molar-refractivity contribution is -0.385. The molecule has 1 amide bonds. The molecule has 2 heterocycles. The van der Waals surface area contributed by atoms with Crippen molar-refractivity contribution in [1.29, 1.82) is 0 Å². The van der Waals surface area contributed by atoms with Crippen molar-refractivity contribution in [2.75, 3.05) is 26.2 Å². The van der Waals surface area contributed by atoms with Gasteiger partial charge in [-0.15, -0.1) is 12.4 Å². The topological polar surface area (TPSA) is 75.5 Å². The van der Waals surface area contributed by atoms with Crippen molar-refractivity contribution in [3.63, 3.8) is 0 Å². The van der Waals surface area contributed by atoms with Crippen LogP contribution in [0.3, 0.4) is 0 Å². The van der Waals surface area contributed by atoms with Gasteiger partial charge in [-0.05, 0) is 56.7 Å². The molecule has 0 unspecified atom stereocenters. The lowest BCUT2D eigenvalue weighted by Gasteiger charge is -2.44. The zero-order chi connectivity index (χ0) is 16.4. The van der Waals surface area contributed by atoms with Crippen LogP contribution in [-0.2, 0) is 0 Å². The maximum atomic E-state index is 12.8. The third-order valence-corrected chi connectivity index (χ3v) is 5.44. The van der Waals surface area contributed by atoms with E-state index in [2.05, 4.69) is 5.32 Å². The summed E-state index contributed by atoms with van der Waals surface area (Å²) in [5, 5.41) is 14.6. The van der Waals surface area contributed by atoms with Crippen LogP contribution in [-0.4, -0.2) is 41.9 Å². The quantitative estimate of drug-likeness (QED) is 0.655. The first kappa shape index (κ1) is 18.7. The molecule has 0 bridgehead atoms. The molecule has 0 aliphatic carbocycles. The predicted octanol–water partition coefficient (Wildman–Crippen LogP) is 2.93. The number of nitrogens with zero attached hydrogens (tertiary/aromatic N) is 2. The number of hydrogen-bond donors (Lipinski definition) is 1. The number of benzene rings is 1. The lowest BCUT2D eigenvalue weighted by atomic mass is 9.71. The summed E-state index contributed by atoms with van der Waals surface area (Å²) in [4.78, 5) is 25.4. The molecule has 0 radical (unpaired) electrons. The Labute approximate surface area is 148 Å². The highest BCUT2D eigenvalue weighted by Crippen LogP contribution is 2.40. The van der Waals surface area contributed by atoms with Crippen molar-refractivity contribution in [2.24, 2.45) is 5.41 Å².